The number of aryl methyl sites for hydroxylation is 1. The molecule has 3 aromatic heterocycles. The fraction of sp³-hybridized carbons (Fsp3) is 0.0667. The van der Waals surface area contributed by atoms with Gasteiger partial charge in [0.1, 0.15) is 9.53 Å². The van der Waals surface area contributed by atoms with Crippen LogP contribution in [0.4, 0.5) is 0 Å². The van der Waals surface area contributed by atoms with Crippen molar-refractivity contribution in [3.63, 3.8) is 0 Å². The molecule has 0 aliphatic carbocycles. The van der Waals surface area contributed by atoms with Crippen molar-refractivity contribution in [2.75, 3.05) is 0 Å². The van der Waals surface area contributed by atoms with E-state index in [1.165, 1.54) is 11.3 Å². The van der Waals surface area contributed by atoms with Gasteiger partial charge < -0.3 is 4.98 Å². The lowest BCUT2D eigenvalue weighted by Gasteiger charge is -2.02. The normalized spacial score (nSPS) is 11.3. The van der Waals surface area contributed by atoms with E-state index in [4.69, 9.17) is 0 Å². The van der Waals surface area contributed by atoms with Crippen LogP contribution in [0.1, 0.15) is 5.69 Å². The molecule has 0 fully saturated rings. The van der Waals surface area contributed by atoms with Gasteiger partial charge in [-0.3, -0.25) is 9.78 Å². The molecule has 0 bridgehead atoms. The van der Waals surface area contributed by atoms with Crippen LogP contribution in [0.5, 0.6) is 0 Å². The molecule has 4 aromatic rings. The number of nitrogens with one attached hydrogen (secondary N) is 2. The van der Waals surface area contributed by atoms with Crippen LogP contribution in [0, 0.1) is 6.92 Å². The predicted octanol–water partition coefficient (Wildman–Crippen LogP) is 2.20. The molecule has 108 valence electrons. The second kappa shape index (κ2) is 4.60. The van der Waals surface area contributed by atoms with Crippen molar-refractivity contribution in [3.8, 4) is 11.4 Å². The van der Waals surface area contributed by atoms with Gasteiger partial charge in [0.15, 0.2) is 5.82 Å². The van der Waals surface area contributed by atoms with E-state index in [0.29, 0.717) is 20.9 Å². The highest BCUT2D eigenvalue weighted by Gasteiger charge is 2.15. The lowest BCUT2D eigenvalue weighted by Crippen LogP contribution is -2.20. The first-order chi connectivity index (χ1) is 10.6. The standard InChI is InChI=1S/C15H10N4O2S/c1-7-9-10-11(13(20)19-15(21)17-10)22-14(9)18-12(16-7)8-5-3-2-4-6-8/h2-6H,1H3,(H2,17,19,20,21). The van der Waals surface area contributed by atoms with Gasteiger partial charge in [-0.1, -0.05) is 30.3 Å². The third kappa shape index (κ3) is 1.86. The first-order valence-electron chi connectivity index (χ1n) is 6.62. The smallest absolute Gasteiger partial charge is 0.305 e. The van der Waals surface area contributed by atoms with E-state index in [9.17, 15) is 9.59 Å². The summed E-state index contributed by atoms with van der Waals surface area (Å²) in [6.07, 6.45) is 0. The molecule has 0 amide bonds. The third-order valence-electron chi connectivity index (χ3n) is 3.44. The summed E-state index contributed by atoms with van der Waals surface area (Å²) in [4.78, 5) is 38.1. The van der Waals surface area contributed by atoms with E-state index in [2.05, 4.69) is 19.9 Å². The molecule has 6 nitrogen and oxygen atoms in total. The summed E-state index contributed by atoms with van der Waals surface area (Å²) in [7, 11) is 0. The Balaban J connectivity index is 2.12. The van der Waals surface area contributed by atoms with Gasteiger partial charge >= 0.3 is 5.69 Å². The number of rotatable bonds is 1. The first-order valence-corrected chi connectivity index (χ1v) is 7.44. The fourth-order valence-electron chi connectivity index (χ4n) is 2.47. The molecule has 0 saturated heterocycles. The third-order valence-corrected chi connectivity index (χ3v) is 4.52. The van der Waals surface area contributed by atoms with E-state index in [0.717, 1.165) is 16.6 Å². The van der Waals surface area contributed by atoms with Gasteiger partial charge in [0.2, 0.25) is 0 Å². The lowest BCUT2D eigenvalue weighted by molar-refractivity contribution is 1.09. The van der Waals surface area contributed by atoms with Gasteiger partial charge in [-0.15, -0.1) is 11.3 Å². The summed E-state index contributed by atoms with van der Waals surface area (Å²) >= 11 is 1.25. The summed E-state index contributed by atoms with van der Waals surface area (Å²) in [6, 6.07) is 9.64. The monoisotopic (exact) mass is 310 g/mol. The number of aromatic nitrogens is 4. The Morgan fingerprint density at radius 2 is 1.82 bits per heavy atom. The molecule has 0 aliphatic heterocycles. The maximum Gasteiger partial charge on any atom is 0.326 e. The van der Waals surface area contributed by atoms with Crippen molar-refractivity contribution in [2.24, 2.45) is 0 Å². The van der Waals surface area contributed by atoms with Crippen LogP contribution in [0.3, 0.4) is 0 Å². The van der Waals surface area contributed by atoms with Crippen LogP contribution in [0.15, 0.2) is 39.9 Å². The van der Waals surface area contributed by atoms with Gasteiger partial charge in [0.25, 0.3) is 5.56 Å². The molecule has 0 atom stereocenters. The van der Waals surface area contributed by atoms with Crippen LogP contribution in [-0.4, -0.2) is 19.9 Å². The largest absolute Gasteiger partial charge is 0.326 e. The van der Waals surface area contributed by atoms with Gasteiger partial charge in [0, 0.05) is 5.56 Å². The number of aromatic amines is 2. The van der Waals surface area contributed by atoms with Crippen molar-refractivity contribution >= 4 is 31.8 Å². The SMILES string of the molecule is Cc1nc(-c2ccccc2)nc2sc3c(=O)[nH]c(=O)[nH]c3c12. The van der Waals surface area contributed by atoms with Crippen LogP contribution < -0.4 is 11.2 Å². The minimum atomic E-state index is -0.524. The maximum absolute atomic E-state index is 11.9. The summed E-state index contributed by atoms with van der Waals surface area (Å²) < 4.78 is 0.456. The van der Waals surface area contributed by atoms with Crippen molar-refractivity contribution < 1.29 is 0 Å². The molecular weight excluding hydrogens is 300 g/mol. The molecular formula is C15H10N4O2S. The van der Waals surface area contributed by atoms with E-state index in [1.54, 1.807) is 0 Å². The summed E-state index contributed by atoms with van der Waals surface area (Å²) in [5.74, 6) is 0.607. The molecule has 7 heteroatoms. The number of thiophene rings is 1. The zero-order valence-corrected chi connectivity index (χ0v) is 12.3. The Kier molecular flexibility index (Phi) is 2.70. The van der Waals surface area contributed by atoms with E-state index < -0.39 is 11.2 Å². The second-order valence-corrected chi connectivity index (χ2v) is 5.89. The van der Waals surface area contributed by atoms with Crippen molar-refractivity contribution in [3.05, 3.63) is 56.9 Å². The highest BCUT2D eigenvalue weighted by Crippen LogP contribution is 2.31. The molecule has 22 heavy (non-hydrogen) atoms. The average molecular weight is 310 g/mol. The number of benzene rings is 1. The first kappa shape index (κ1) is 12.9. The number of hydrogen-bond donors (Lipinski definition) is 2. The molecule has 1 aromatic carbocycles. The Bertz CT molecular complexity index is 1130. The zero-order chi connectivity index (χ0) is 15.3. The van der Waals surface area contributed by atoms with Crippen molar-refractivity contribution in [2.45, 2.75) is 6.92 Å². The quantitative estimate of drug-likeness (QED) is 0.564. The van der Waals surface area contributed by atoms with Crippen LogP contribution in [-0.2, 0) is 0 Å². The lowest BCUT2D eigenvalue weighted by atomic mass is 10.2. The molecule has 0 aliphatic rings. The molecule has 0 radical (unpaired) electrons. The minimum absolute atomic E-state index is 0.401. The highest BCUT2D eigenvalue weighted by molar-refractivity contribution is 7.25. The summed E-state index contributed by atoms with van der Waals surface area (Å²) in [5.41, 5.74) is 1.22. The van der Waals surface area contributed by atoms with Gasteiger partial charge in [-0.05, 0) is 6.92 Å². The second-order valence-electron chi connectivity index (χ2n) is 4.89. The molecule has 0 unspecified atom stereocenters. The maximum atomic E-state index is 11.9. The Labute approximate surface area is 127 Å². The van der Waals surface area contributed by atoms with Crippen molar-refractivity contribution in [1.29, 1.82) is 0 Å². The van der Waals surface area contributed by atoms with E-state index in [-0.39, 0.29) is 0 Å². The number of hydrogen-bond acceptors (Lipinski definition) is 5. The number of H-pyrrole nitrogens is 2. The average Bonchev–Trinajstić information content (AvgIpc) is 2.87. The Morgan fingerprint density at radius 1 is 1.05 bits per heavy atom. The minimum Gasteiger partial charge on any atom is -0.305 e. The molecule has 3 heterocycles. The fourth-order valence-corrected chi connectivity index (χ4v) is 3.55. The topological polar surface area (TPSA) is 91.5 Å². The van der Waals surface area contributed by atoms with E-state index >= 15 is 0 Å². The van der Waals surface area contributed by atoms with Crippen molar-refractivity contribution in [1.82, 2.24) is 19.9 Å². The van der Waals surface area contributed by atoms with Gasteiger partial charge in [0.05, 0.1) is 16.6 Å². The summed E-state index contributed by atoms with van der Waals surface area (Å²) in [6.45, 7) is 1.85. The summed E-state index contributed by atoms with van der Waals surface area (Å²) in [5, 5.41) is 0.725. The molecule has 0 saturated carbocycles. The molecule has 4 rings (SSSR count). The van der Waals surface area contributed by atoms with E-state index in [1.807, 2.05) is 37.3 Å². The zero-order valence-electron chi connectivity index (χ0n) is 11.5. The highest BCUT2D eigenvalue weighted by atomic mass is 32.1. The van der Waals surface area contributed by atoms with Crippen LogP contribution in [0.25, 0.3) is 31.8 Å². The van der Waals surface area contributed by atoms with Crippen LogP contribution in [0.2, 0.25) is 0 Å². The Morgan fingerprint density at radius 3 is 2.59 bits per heavy atom. The Hall–Kier alpha value is -2.80. The number of nitrogens with zero attached hydrogens (tertiary/aromatic N) is 2. The number of fused-ring (bicyclic) bond motifs is 3. The predicted molar refractivity (Wildman–Crippen MR) is 86.3 cm³/mol. The van der Waals surface area contributed by atoms with Gasteiger partial charge in [-0.2, -0.15) is 0 Å². The molecule has 2 N–H and O–H groups in total. The molecule has 0 spiro atoms. The van der Waals surface area contributed by atoms with Crippen LogP contribution >= 0.6 is 11.3 Å². The van der Waals surface area contributed by atoms with Gasteiger partial charge in [-0.25, -0.2) is 14.8 Å².